The van der Waals surface area contributed by atoms with Crippen molar-refractivity contribution in [1.29, 1.82) is 0 Å². The van der Waals surface area contributed by atoms with Crippen molar-refractivity contribution in [3.05, 3.63) is 0 Å². The van der Waals surface area contributed by atoms with Crippen molar-refractivity contribution in [2.24, 2.45) is 5.92 Å². The fraction of sp³-hybridized carbons (Fsp3) is 1.00. The van der Waals surface area contributed by atoms with Gasteiger partial charge in [-0.1, -0.05) is 39.0 Å². The van der Waals surface area contributed by atoms with Crippen LogP contribution in [0.15, 0.2) is 0 Å². The summed E-state index contributed by atoms with van der Waals surface area (Å²) in [7, 11) is 0. The third-order valence-electron chi connectivity index (χ3n) is 6.12. The van der Waals surface area contributed by atoms with Gasteiger partial charge < -0.3 is 5.32 Å². The average molecular weight is 278 g/mol. The minimum absolute atomic E-state index is 0.776. The molecular formula is C18H34N2. The summed E-state index contributed by atoms with van der Waals surface area (Å²) in [6.07, 6.45) is 16.0. The number of rotatable bonds is 4. The highest BCUT2D eigenvalue weighted by Crippen LogP contribution is 2.39. The van der Waals surface area contributed by atoms with E-state index in [-0.39, 0.29) is 0 Å². The highest BCUT2D eigenvalue weighted by Gasteiger charge is 2.41. The molecule has 1 saturated heterocycles. The average Bonchev–Trinajstić information content (AvgIpc) is 2.77. The first-order chi connectivity index (χ1) is 9.90. The smallest absolute Gasteiger partial charge is 0.0252 e. The van der Waals surface area contributed by atoms with Gasteiger partial charge in [0.15, 0.2) is 0 Å². The minimum Gasteiger partial charge on any atom is -0.312 e. The van der Waals surface area contributed by atoms with Crippen LogP contribution in [0.4, 0.5) is 0 Å². The van der Waals surface area contributed by atoms with Crippen LogP contribution in [0.1, 0.15) is 77.6 Å². The summed E-state index contributed by atoms with van der Waals surface area (Å²) in [6.45, 7) is 4.90. The number of hydrogen-bond donors (Lipinski definition) is 1. The van der Waals surface area contributed by atoms with Crippen LogP contribution in [0.2, 0.25) is 0 Å². The Morgan fingerprint density at radius 2 is 1.60 bits per heavy atom. The van der Waals surface area contributed by atoms with Gasteiger partial charge >= 0.3 is 0 Å². The zero-order chi connectivity index (χ0) is 13.8. The maximum atomic E-state index is 3.89. The third kappa shape index (κ3) is 3.22. The molecule has 0 aromatic rings. The highest BCUT2D eigenvalue weighted by atomic mass is 15.2. The minimum atomic E-state index is 0.776. The Labute approximate surface area is 125 Å². The first-order valence-electron chi connectivity index (χ1n) is 9.39. The number of likely N-dealkylation sites (tertiary alicyclic amines) is 1. The summed E-state index contributed by atoms with van der Waals surface area (Å²) in [5, 5.41) is 3.89. The summed E-state index contributed by atoms with van der Waals surface area (Å²) in [6, 6.07) is 2.56. The Morgan fingerprint density at radius 1 is 0.850 bits per heavy atom. The molecule has 20 heavy (non-hydrogen) atoms. The van der Waals surface area contributed by atoms with Gasteiger partial charge in [-0.15, -0.1) is 0 Å². The predicted octanol–water partition coefficient (Wildman–Crippen LogP) is 3.95. The van der Waals surface area contributed by atoms with Crippen LogP contribution in [-0.4, -0.2) is 36.1 Å². The number of nitrogens with one attached hydrogen (secondary N) is 1. The van der Waals surface area contributed by atoms with Gasteiger partial charge in [0.1, 0.15) is 0 Å². The van der Waals surface area contributed by atoms with Gasteiger partial charge in [-0.05, 0) is 57.5 Å². The molecule has 0 amide bonds. The normalized spacial score (nSPS) is 39.5. The van der Waals surface area contributed by atoms with Crippen molar-refractivity contribution in [2.45, 2.75) is 95.7 Å². The molecule has 116 valence electrons. The fourth-order valence-corrected chi connectivity index (χ4v) is 5.11. The van der Waals surface area contributed by atoms with Gasteiger partial charge in [0.25, 0.3) is 0 Å². The Hall–Kier alpha value is -0.0800. The molecule has 2 nitrogen and oxygen atoms in total. The molecule has 0 spiro atoms. The van der Waals surface area contributed by atoms with E-state index >= 15 is 0 Å². The van der Waals surface area contributed by atoms with Crippen molar-refractivity contribution >= 4 is 0 Å². The molecule has 4 atom stereocenters. The van der Waals surface area contributed by atoms with Crippen LogP contribution in [0.5, 0.6) is 0 Å². The second-order valence-corrected chi connectivity index (χ2v) is 7.40. The van der Waals surface area contributed by atoms with Crippen molar-refractivity contribution < 1.29 is 0 Å². The van der Waals surface area contributed by atoms with Crippen LogP contribution < -0.4 is 5.32 Å². The van der Waals surface area contributed by atoms with Gasteiger partial charge in [-0.3, -0.25) is 4.90 Å². The van der Waals surface area contributed by atoms with E-state index in [0.29, 0.717) is 0 Å². The number of hydrogen-bond acceptors (Lipinski definition) is 2. The summed E-state index contributed by atoms with van der Waals surface area (Å²) in [5.41, 5.74) is 0. The largest absolute Gasteiger partial charge is 0.312 e. The molecule has 1 aliphatic heterocycles. The van der Waals surface area contributed by atoms with E-state index in [2.05, 4.69) is 17.1 Å². The molecule has 1 N–H and O–H groups in total. The van der Waals surface area contributed by atoms with E-state index in [4.69, 9.17) is 0 Å². The molecule has 2 saturated carbocycles. The van der Waals surface area contributed by atoms with Crippen molar-refractivity contribution in [3.8, 4) is 0 Å². The molecule has 0 aromatic heterocycles. The Balaban J connectivity index is 1.67. The Morgan fingerprint density at radius 3 is 2.50 bits per heavy atom. The number of nitrogens with zero attached hydrogens (tertiary/aromatic N) is 1. The molecule has 2 heteroatoms. The highest BCUT2D eigenvalue weighted by molar-refractivity contribution is 4.97. The molecule has 3 aliphatic rings. The third-order valence-corrected chi connectivity index (χ3v) is 6.12. The Bertz CT molecular complexity index is 291. The van der Waals surface area contributed by atoms with Crippen LogP contribution in [0, 0.1) is 5.92 Å². The second-order valence-electron chi connectivity index (χ2n) is 7.40. The molecule has 4 unspecified atom stereocenters. The maximum absolute atomic E-state index is 3.89. The molecule has 0 aromatic carbocycles. The van der Waals surface area contributed by atoms with E-state index < -0.39 is 0 Å². The summed E-state index contributed by atoms with van der Waals surface area (Å²) < 4.78 is 0. The van der Waals surface area contributed by atoms with Gasteiger partial charge in [-0.2, -0.15) is 0 Å². The Kier molecular flexibility index (Phi) is 5.39. The molecular weight excluding hydrogens is 244 g/mol. The molecule has 2 aliphatic carbocycles. The van der Waals surface area contributed by atoms with Crippen LogP contribution in [0.25, 0.3) is 0 Å². The zero-order valence-corrected chi connectivity index (χ0v) is 13.4. The lowest BCUT2D eigenvalue weighted by atomic mass is 9.84. The van der Waals surface area contributed by atoms with E-state index in [1.54, 1.807) is 0 Å². The monoisotopic (exact) mass is 278 g/mol. The topological polar surface area (TPSA) is 15.3 Å². The standard InChI is InChI=1S/C18H34N2/c1-2-13-19-16-9-4-3-5-11-18(16)20-14-12-15-8-6-7-10-17(15)20/h15-19H,2-14H2,1H3. The molecule has 3 rings (SSSR count). The lowest BCUT2D eigenvalue weighted by Gasteiger charge is -2.40. The second kappa shape index (κ2) is 7.26. The van der Waals surface area contributed by atoms with Crippen molar-refractivity contribution in [3.63, 3.8) is 0 Å². The van der Waals surface area contributed by atoms with Crippen LogP contribution in [0.3, 0.4) is 0 Å². The van der Waals surface area contributed by atoms with Gasteiger partial charge in [0.05, 0.1) is 0 Å². The summed E-state index contributed by atoms with van der Waals surface area (Å²) in [5.74, 6) is 1.04. The van der Waals surface area contributed by atoms with Crippen molar-refractivity contribution in [2.75, 3.05) is 13.1 Å². The predicted molar refractivity (Wildman–Crippen MR) is 86.0 cm³/mol. The quantitative estimate of drug-likeness (QED) is 0.783. The molecule has 0 bridgehead atoms. The summed E-state index contributed by atoms with van der Waals surface area (Å²) in [4.78, 5) is 2.96. The SMILES string of the molecule is CCCNC1CCCCCC1N1CCC2CCCCC21. The lowest BCUT2D eigenvalue weighted by Crippen LogP contribution is -2.52. The van der Waals surface area contributed by atoms with Gasteiger partial charge in [-0.25, -0.2) is 0 Å². The lowest BCUT2D eigenvalue weighted by molar-refractivity contribution is 0.101. The molecule has 1 heterocycles. The van der Waals surface area contributed by atoms with E-state index in [1.165, 1.54) is 83.7 Å². The first-order valence-corrected chi connectivity index (χ1v) is 9.39. The summed E-state index contributed by atoms with van der Waals surface area (Å²) >= 11 is 0. The first kappa shape index (κ1) is 14.8. The molecule has 3 fully saturated rings. The van der Waals surface area contributed by atoms with Gasteiger partial charge in [0.2, 0.25) is 0 Å². The fourth-order valence-electron chi connectivity index (χ4n) is 5.11. The van der Waals surface area contributed by atoms with Crippen LogP contribution >= 0.6 is 0 Å². The molecule has 0 radical (unpaired) electrons. The zero-order valence-electron chi connectivity index (χ0n) is 13.4. The van der Waals surface area contributed by atoms with E-state index in [9.17, 15) is 0 Å². The maximum Gasteiger partial charge on any atom is 0.0252 e. The van der Waals surface area contributed by atoms with E-state index in [1.807, 2.05) is 0 Å². The van der Waals surface area contributed by atoms with Gasteiger partial charge in [0, 0.05) is 18.1 Å². The van der Waals surface area contributed by atoms with Crippen LogP contribution in [-0.2, 0) is 0 Å². The number of fused-ring (bicyclic) bond motifs is 1. The van der Waals surface area contributed by atoms with E-state index in [0.717, 1.165) is 24.0 Å². The van der Waals surface area contributed by atoms with Crippen molar-refractivity contribution in [1.82, 2.24) is 10.2 Å².